The molecular weight excluding hydrogens is 277 g/mol. The Morgan fingerprint density at radius 2 is 1.86 bits per heavy atom. The van der Waals surface area contributed by atoms with Crippen LogP contribution in [0.2, 0.25) is 0 Å². The topological polar surface area (TPSA) is 24.9 Å². The average molecular weight is 294 g/mol. The van der Waals surface area contributed by atoms with E-state index in [9.17, 15) is 13.2 Å². The molecule has 1 aromatic carbocycles. The lowest BCUT2D eigenvalue weighted by Crippen LogP contribution is -2.23. The van der Waals surface area contributed by atoms with Gasteiger partial charge in [0.05, 0.1) is 11.6 Å². The van der Waals surface area contributed by atoms with Crippen molar-refractivity contribution in [1.82, 2.24) is 10.3 Å². The summed E-state index contributed by atoms with van der Waals surface area (Å²) >= 11 is 0. The molecule has 21 heavy (non-hydrogen) atoms. The summed E-state index contributed by atoms with van der Waals surface area (Å²) in [5.74, 6) is 0. The number of hydrogen-bond donors (Lipinski definition) is 1. The van der Waals surface area contributed by atoms with Crippen LogP contribution in [0.15, 0.2) is 42.7 Å². The highest BCUT2D eigenvalue weighted by molar-refractivity contribution is 5.40. The van der Waals surface area contributed by atoms with Gasteiger partial charge in [-0.1, -0.05) is 31.2 Å². The van der Waals surface area contributed by atoms with Crippen LogP contribution in [0, 0.1) is 0 Å². The molecule has 0 aliphatic rings. The number of nitrogens with one attached hydrogen (secondary N) is 1. The molecule has 0 fully saturated rings. The third-order valence-corrected chi connectivity index (χ3v) is 3.50. The van der Waals surface area contributed by atoms with Crippen molar-refractivity contribution in [2.45, 2.75) is 25.6 Å². The predicted octanol–water partition coefficient (Wildman–Crippen LogP) is 3.97. The summed E-state index contributed by atoms with van der Waals surface area (Å²) in [6.45, 7) is 1.99. The first-order chi connectivity index (χ1) is 9.99. The van der Waals surface area contributed by atoms with Gasteiger partial charge >= 0.3 is 6.18 Å². The van der Waals surface area contributed by atoms with Crippen LogP contribution in [0.4, 0.5) is 13.2 Å². The maximum absolute atomic E-state index is 13.2. The lowest BCUT2D eigenvalue weighted by molar-refractivity contribution is -0.138. The highest BCUT2D eigenvalue weighted by atomic mass is 19.4. The van der Waals surface area contributed by atoms with E-state index in [2.05, 4.69) is 10.3 Å². The zero-order valence-electron chi connectivity index (χ0n) is 11.9. The summed E-state index contributed by atoms with van der Waals surface area (Å²) in [7, 11) is 1.66. The van der Waals surface area contributed by atoms with E-state index in [4.69, 9.17) is 0 Å². The van der Waals surface area contributed by atoms with E-state index in [1.165, 1.54) is 12.4 Å². The molecule has 0 saturated heterocycles. The molecule has 5 heteroatoms. The van der Waals surface area contributed by atoms with Crippen LogP contribution in [-0.4, -0.2) is 12.0 Å². The van der Waals surface area contributed by atoms with E-state index in [1.54, 1.807) is 7.05 Å². The molecule has 1 aromatic heterocycles. The molecule has 1 unspecified atom stereocenters. The second-order valence-corrected chi connectivity index (χ2v) is 4.73. The molecule has 1 N–H and O–H groups in total. The minimum absolute atomic E-state index is 0.147. The number of nitrogens with zero attached hydrogens (tertiary/aromatic N) is 1. The first-order valence-corrected chi connectivity index (χ1v) is 6.75. The van der Waals surface area contributed by atoms with Crippen LogP contribution in [0.3, 0.4) is 0 Å². The molecule has 0 radical (unpaired) electrons. The number of aromatic nitrogens is 1. The monoisotopic (exact) mass is 294 g/mol. The molecule has 0 aliphatic heterocycles. The first kappa shape index (κ1) is 15.5. The van der Waals surface area contributed by atoms with Gasteiger partial charge in [-0.05, 0) is 30.7 Å². The van der Waals surface area contributed by atoms with Crippen LogP contribution in [0.25, 0.3) is 0 Å². The molecule has 0 amide bonds. The van der Waals surface area contributed by atoms with Gasteiger partial charge in [-0.3, -0.25) is 4.98 Å². The average Bonchev–Trinajstić information content (AvgIpc) is 2.48. The number of rotatable bonds is 4. The minimum Gasteiger partial charge on any atom is -0.309 e. The fourth-order valence-electron chi connectivity index (χ4n) is 2.51. The molecule has 0 bridgehead atoms. The van der Waals surface area contributed by atoms with Crippen molar-refractivity contribution in [2.24, 2.45) is 0 Å². The Balaban J connectivity index is 2.58. The summed E-state index contributed by atoms with van der Waals surface area (Å²) in [6, 6.07) is 8.00. The van der Waals surface area contributed by atoms with Gasteiger partial charge in [0.2, 0.25) is 0 Å². The summed E-state index contributed by atoms with van der Waals surface area (Å²) in [5.41, 5.74) is 1.37. The first-order valence-electron chi connectivity index (χ1n) is 6.75. The van der Waals surface area contributed by atoms with Gasteiger partial charge in [0.15, 0.2) is 0 Å². The van der Waals surface area contributed by atoms with Crippen molar-refractivity contribution in [2.75, 3.05) is 7.05 Å². The van der Waals surface area contributed by atoms with Crippen LogP contribution >= 0.6 is 0 Å². The van der Waals surface area contributed by atoms with Gasteiger partial charge in [0.1, 0.15) is 0 Å². The van der Waals surface area contributed by atoms with E-state index < -0.39 is 17.8 Å². The Morgan fingerprint density at radius 1 is 1.14 bits per heavy atom. The van der Waals surface area contributed by atoms with Crippen molar-refractivity contribution in [3.63, 3.8) is 0 Å². The zero-order valence-corrected chi connectivity index (χ0v) is 11.9. The largest absolute Gasteiger partial charge is 0.416 e. The van der Waals surface area contributed by atoms with E-state index in [0.29, 0.717) is 0 Å². The lowest BCUT2D eigenvalue weighted by Gasteiger charge is -2.23. The van der Waals surface area contributed by atoms with Gasteiger partial charge in [0, 0.05) is 18.0 Å². The zero-order chi connectivity index (χ0) is 15.5. The Morgan fingerprint density at radius 3 is 2.48 bits per heavy atom. The maximum Gasteiger partial charge on any atom is 0.416 e. The third-order valence-electron chi connectivity index (χ3n) is 3.50. The van der Waals surface area contributed by atoms with Gasteiger partial charge in [0.25, 0.3) is 0 Å². The number of alkyl halides is 3. The predicted molar refractivity (Wildman–Crippen MR) is 76.0 cm³/mol. The standard InChI is InChI=1S/C16H17F3N2/c1-3-11-6-4-5-7-12(11)15(20-2)13-10-21-9-8-14(13)16(17,18)19/h4-10,15,20H,3H2,1-2H3. The van der Waals surface area contributed by atoms with Gasteiger partial charge < -0.3 is 5.32 Å². The molecule has 1 heterocycles. The molecule has 2 rings (SSSR count). The number of benzene rings is 1. The molecular formula is C16H17F3N2. The van der Waals surface area contributed by atoms with Crippen LogP contribution in [0.5, 0.6) is 0 Å². The van der Waals surface area contributed by atoms with Crippen molar-refractivity contribution in [3.8, 4) is 0 Å². The summed E-state index contributed by atoms with van der Waals surface area (Å²) < 4.78 is 39.6. The van der Waals surface area contributed by atoms with Crippen molar-refractivity contribution >= 4 is 0 Å². The number of aryl methyl sites for hydroxylation is 1. The molecule has 0 spiro atoms. The van der Waals surface area contributed by atoms with Gasteiger partial charge in [-0.2, -0.15) is 13.2 Å². The Labute approximate surface area is 122 Å². The van der Waals surface area contributed by atoms with Gasteiger partial charge in [-0.25, -0.2) is 0 Å². The summed E-state index contributed by atoms with van der Waals surface area (Å²) in [6.07, 6.45) is -1.17. The Hall–Kier alpha value is -1.88. The molecule has 1 atom stereocenters. The lowest BCUT2D eigenvalue weighted by atomic mass is 9.91. The summed E-state index contributed by atoms with van der Waals surface area (Å²) in [5, 5.41) is 2.98. The number of hydrogen-bond acceptors (Lipinski definition) is 2. The quantitative estimate of drug-likeness (QED) is 0.923. The van der Waals surface area contributed by atoms with E-state index in [-0.39, 0.29) is 5.56 Å². The maximum atomic E-state index is 13.2. The molecule has 0 aliphatic carbocycles. The Kier molecular flexibility index (Phi) is 4.63. The molecule has 112 valence electrons. The fourth-order valence-corrected chi connectivity index (χ4v) is 2.51. The fraction of sp³-hybridized carbons (Fsp3) is 0.312. The summed E-state index contributed by atoms with van der Waals surface area (Å²) in [4.78, 5) is 3.87. The van der Waals surface area contributed by atoms with Gasteiger partial charge in [-0.15, -0.1) is 0 Å². The van der Waals surface area contributed by atoms with Crippen LogP contribution in [0.1, 0.15) is 35.2 Å². The molecule has 0 saturated carbocycles. The number of halogens is 3. The second kappa shape index (κ2) is 6.26. The molecule has 2 nitrogen and oxygen atoms in total. The highest BCUT2D eigenvalue weighted by Gasteiger charge is 2.35. The smallest absolute Gasteiger partial charge is 0.309 e. The van der Waals surface area contributed by atoms with Crippen molar-refractivity contribution in [1.29, 1.82) is 0 Å². The van der Waals surface area contributed by atoms with Crippen LogP contribution in [-0.2, 0) is 12.6 Å². The SMILES string of the molecule is CCc1ccccc1C(NC)c1cnccc1C(F)(F)F. The van der Waals surface area contributed by atoms with E-state index >= 15 is 0 Å². The van der Waals surface area contributed by atoms with Crippen molar-refractivity contribution < 1.29 is 13.2 Å². The molecule has 2 aromatic rings. The van der Waals surface area contributed by atoms with E-state index in [0.717, 1.165) is 23.6 Å². The number of pyridine rings is 1. The van der Waals surface area contributed by atoms with Crippen LogP contribution < -0.4 is 5.32 Å². The third kappa shape index (κ3) is 3.24. The highest BCUT2D eigenvalue weighted by Crippen LogP contribution is 2.36. The van der Waals surface area contributed by atoms with Crippen molar-refractivity contribution in [3.05, 3.63) is 65.0 Å². The normalized spacial score (nSPS) is 13.2. The van der Waals surface area contributed by atoms with E-state index in [1.807, 2.05) is 31.2 Å². The minimum atomic E-state index is -4.39. The Bertz CT molecular complexity index is 608. The second-order valence-electron chi connectivity index (χ2n) is 4.73.